The number of carboxylic acid groups (broad SMARTS) is 1. The van der Waals surface area contributed by atoms with Crippen LogP contribution < -0.4 is 5.32 Å². The van der Waals surface area contributed by atoms with E-state index in [4.69, 9.17) is 4.74 Å². The number of ether oxygens (including phenoxy) is 1. The quantitative estimate of drug-likeness (QED) is 0.741. The Morgan fingerprint density at radius 2 is 2.00 bits per heavy atom. The number of nitrogens with one attached hydrogen (secondary N) is 1. The Balaban J connectivity index is 1.63. The second-order valence-electron chi connectivity index (χ2n) is 7.93. The van der Waals surface area contributed by atoms with Gasteiger partial charge in [0.05, 0.1) is 30.5 Å². The van der Waals surface area contributed by atoms with E-state index in [1.807, 2.05) is 37.3 Å². The summed E-state index contributed by atoms with van der Waals surface area (Å²) in [5.41, 5.74) is 2.43. The lowest BCUT2D eigenvalue weighted by molar-refractivity contribution is -0.141. The van der Waals surface area contributed by atoms with Crippen molar-refractivity contribution in [1.29, 1.82) is 0 Å². The van der Waals surface area contributed by atoms with Gasteiger partial charge in [-0.25, -0.2) is 4.79 Å². The van der Waals surface area contributed by atoms with E-state index >= 15 is 0 Å². The highest BCUT2D eigenvalue weighted by molar-refractivity contribution is 6.01. The molecular weight excluding hydrogens is 398 g/mol. The average Bonchev–Trinajstić information content (AvgIpc) is 3.43. The highest BCUT2D eigenvalue weighted by Crippen LogP contribution is 2.27. The van der Waals surface area contributed by atoms with Crippen LogP contribution in [-0.4, -0.2) is 51.6 Å². The van der Waals surface area contributed by atoms with Crippen molar-refractivity contribution in [3.63, 3.8) is 0 Å². The maximum atomic E-state index is 13.2. The lowest BCUT2D eigenvalue weighted by Gasteiger charge is -2.24. The molecule has 164 valence electrons. The van der Waals surface area contributed by atoms with Crippen LogP contribution in [0.5, 0.6) is 0 Å². The number of hydrogen-bond acceptors (Lipinski definition) is 4. The number of benzene rings is 1. The third-order valence-corrected chi connectivity index (χ3v) is 6.08. The molecule has 2 aromatic rings. The Bertz CT molecular complexity index is 985. The molecule has 2 amide bonds. The average molecular weight is 425 g/mol. The van der Waals surface area contributed by atoms with Crippen molar-refractivity contribution in [1.82, 2.24) is 14.8 Å². The third kappa shape index (κ3) is 4.07. The molecule has 0 radical (unpaired) electrons. The molecule has 1 saturated heterocycles. The minimum atomic E-state index is -0.994. The van der Waals surface area contributed by atoms with Crippen LogP contribution in [0.1, 0.15) is 64.3 Å². The minimum Gasteiger partial charge on any atom is -0.480 e. The van der Waals surface area contributed by atoms with Crippen LogP contribution in [0.2, 0.25) is 0 Å². The molecule has 0 aliphatic carbocycles. The van der Waals surface area contributed by atoms with E-state index in [0.717, 1.165) is 12.0 Å². The maximum Gasteiger partial charge on any atom is 0.326 e. The van der Waals surface area contributed by atoms with E-state index in [2.05, 4.69) is 5.32 Å². The number of rotatable bonds is 6. The Hall–Kier alpha value is -3.13. The molecule has 8 nitrogen and oxygen atoms in total. The minimum absolute atomic E-state index is 0.150. The summed E-state index contributed by atoms with van der Waals surface area (Å²) in [6.07, 6.45) is 1.82. The third-order valence-electron chi connectivity index (χ3n) is 6.08. The van der Waals surface area contributed by atoms with Gasteiger partial charge < -0.3 is 24.6 Å². The van der Waals surface area contributed by atoms with Crippen LogP contribution in [0.15, 0.2) is 36.4 Å². The first-order chi connectivity index (χ1) is 15.0. The number of amides is 2. The van der Waals surface area contributed by atoms with Gasteiger partial charge in [0.2, 0.25) is 0 Å². The fourth-order valence-electron chi connectivity index (χ4n) is 4.45. The monoisotopic (exact) mass is 425 g/mol. The number of fused-ring (bicyclic) bond motifs is 1. The molecule has 0 spiro atoms. The molecule has 4 rings (SSSR count). The predicted molar refractivity (Wildman–Crippen MR) is 113 cm³/mol. The first kappa shape index (κ1) is 21.1. The molecule has 3 heterocycles. The molecule has 0 bridgehead atoms. The summed E-state index contributed by atoms with van der Waals surface area (Å²) in [6, 6.07) is 10.4. The van der Waals surface area contributed by atoms with Gasteiger partial charge in [0.15, 0.2) is 0 Å². The van der Waals surface area contributed by atoms with E-state index in [1.165, 1.54) is 4.90 Å². The van der Waals surface area contributed by atoms with Crippen LogP contribution in [0.3, 0.4) is 0 Å². The van der Waals surface area contributed by atoms with Gasteiger partial charge in [-0.2, -0.15) is 0 Å². The number of carbonyl (C=O) groups is 3. The molecule has 2 aliphatic heterocycles. The Morgan fingerprint density at radius 1 is 1.23 bits per heavy atom. The predicted octanol–water partition coefficient (Wildman–Crippen LogP) is 2.59. The van der Waals surface area contributed by atoms with Gasteiger partial charge in [-0.05, 0) is 30.9 Å². The number of aliphatic carboxylic acids is 1. The first-order valence-electron chi connectivity index (χ1n) is 10.7. The van der Waals surface area contributed by atoms with Crippen LogP contribution in [0.25, 0.3) is 0 Å². The van der Waals surface area contributed by atoms with E-state index in [1.54, 1.807) is 10.6 Å². The molecule has 8 heteroatoms. The fraction of sp³-hybridized carbons (Fsp3) is 0.435. The van der Waals surface area contributed by atoms with Crippen LogP contribution in [-0.2, 0) is 22.7 Å². The second-order valence-corrected chi connectivity index (χ2v) is 7.93. The van der Waals surface area contributed by atoms with Gasteiger partial charge in [0.1, 0.15) is 11.7 Å². The van der Waals surface area contributed by atoms with Crippen molar-refractivity contribution < 1.29 is 24.2 Å². The van der Waals surface area contributed by atoms with Gasteiger partial charge in [0, 0.05) is 13.1 Å². The summed E-state index contributed by atoms with van der Waals surface area (Å²) in [6.45, 7) is 3.53. The topological polar surface area (TPSA) is 101 Å². The van der Waals surface area contributed by atoms with Gasteiger partial charge in [0.25, 0.3) is 11.8 Å². The molecule has 2 N–H and O–H groups in total. The zero-order valence-corrected chi connectivity index (χ0v) is 17.5. The molecular formula is C23H27N3O5. The van der Waals surface area contributed by atoms with Gasteiger partial charge in [-0.1, -0.05) is 37.3 Å². The molecule has 0 saturated carbocycles. The smallest absolute Gasteiger partial charge is 0.326 e. The van der Waals surface area contributed by atoms with Crippen molar-refractivity contribution in [2.75, 3.05) is 13.2 Å². The number of hydrogen-bond donors (Lipinski definition) is 2. The number of likely N-dealkylation sites (tertiary alicyclic amines) is 1. The molecule has 2 aliphatic rings. The van der Waals surface area contributed by atoms with E-state index in [0.29, 0.717) is 49.5 Å². The second kappa shape index (κ2) is 8.93. The molecule has 2 atom stereocenters. The summed E-state index contributed by atoms with van der Waals surface area (Å²) in [5.74, 6) is -1.60. The summed E-state index contributed by atoms with van der Waals surface area (Å²) in [7, 11) is 0. The summed E-state index contributed by atoms with van der Waals surface area (Å²) in [4.78, 5) is 39.4. The van der Waals surface area contributed by atoms with Crippen molar-refractivity contribution >= 4 is 17.8 Å². The first-order valence-corrected chi connectivity index (χ1v) is 10.7. The van der Waals surface area contributed by atoms with Crippen LogP contribution >= 0.6 is 0 Å². The molecule has 1 aromatic carbocycles. The van der Waals surface area contributed by atoms with Crippen LogP contribution in [0.4, 0.5) is 0 Å². The van der Waals surface area contributed by atoms with E-state index in [9.17, 15) is 19.5 Å². The summed E-state index contributed by atoms with van der Waals surface area (Å²) in [5, 5.41) is 12.5. The van der Waals surface area contributed by atoms with Crippen molar-refractivity contribution in [2.24, 2.45) is 0 Å². The van der Waals surface area contributed by atoms with Crippen molar-refractivity contribution in [3.05, 3.63) is 58.9 Å². The van der Waals surface area contributed by atoms with Crippen molar-refractivity contribution in [2.45, 2.75) is 51.4 Å². The lowest BCUT2D eigenvalue weighted by atomic mass is 10.0. The molecule has 1 aromatic heterocycles. The fourth-order valence-corrected chi connectivity index (χ4v) is 4.45. The molecule has 0 unspecified atom stereocenters. The van der Waals surface area contributed by atoms with E-state index in [-0.39, 0.29) is 24.5 Å². The lowest BCUT2D eigenvalue weighted by Crippen LogP contribution is -2.41. The van der Waals surface area contributed by atoms with Gasteiger partial charge in [-0.3, -0.25) is 9.59 Å². The SMILES string of the molecule is CC[C@@H](NC(=O)c1cc(C(=O)N2CCC[C@@H]2C(=O)O)n2c1COCC2)c1ccccc1. The number of aromatic nitrogens is 1. The number of carbonyl (C=O) groups excluding carboxylic acids is 2. The standard InChI is InChI=1S/C23H27N3O5/c1-2-17(15-7-4-3-5-8-15)24-21(27)16-13-19(25-11-12-31-14-20(16)25)22(28)26-10-6-9-18(26)23(29)30/h3-5,7-8,13,17-18H,2,6,9-12,14H2,1H3,(H,24,27)(H,29,30)/t17-,18-/m1/s1. The van der Waals surface area contributed by atoms with Crippen molar-refractivity contribution in [3.8, 4) is 0 Å². The summed E-state index contributed by atoms with van der Waals surface area (Å²) < 4.78 is 7.37. The van der Waals surface area contributed by atoms with Gasteiger partial charge >= 0.3 is 5.97 Å². The zero-order valence-electron chi connectivity index (χ0n) is 17.5. The molecule has 31 heavy (non-hydrogen) atoms. The number of nitrogens with zero attached hydrogens (tertiary/aromatic N) is 2. The Kier molecular flexibility index (Phi) is 6.08. The Morgan fingerprint density at radius 3 is 2.71 bits per heavy atom. The van der Waals surface area contributed by atoms with Crippen LogP contribution in [0, 0.1) is 0 Å². The van der Waals surface area contributed by atoms with E-state index < -0.39 is 12.0 Å². The largest absolute Gasteiger partial charge is 0.480 e. The summed E-state index contributed by atoms with van der Waals surface area (Å²) >= 11 is 0. The normalized spacial score (nSPS) is 19.0. The Labute approximate surface area is 180 Å². The highest BCUT2D eigenvalue weighted by Gasteiger charge is 2.37. The maximum absolute atomic E-state index is 13.2. The highest BCUT2D eigenvalue weighted by atomic mass is 16.5. The van der Waals surface area contributed by atoms with Gasteiger partial charge in [-0.15, -0.1) is 0 Å². The number of carboxylic acids is 1. The molecule has 1 fully saturated rings. The zero-order chi connectivity index (χ0) is 22.0.